The highest BCUT2D eigenvalue weighted by Crippen LogP contribution is 2.23. The number of amides is 3. The van der Waals surface area contributed by atoms with E-state index in [2.05, 4.69) is 5.32 Å². The van der Waals surface area contributed by atoms with E-state index in [4.69, 9.17) is 27.9 Å². The van der Waals surface area contributed by atoms with E-state index >= 15 is 0 Å². The van der Waals surface area contributed by atoms with Crippen LogP contribution in [0.25, 0.3) is 0 Å². The molecule has 1 aliphatic rings. The lowest BCUT2D eigenvalue weighted by molar-refractivity contribution is -0.148. The molecule has 0 aliphatic carbocycles. The van der Waals surface area contributed by atoms with Crippen LogP contribution in [-0.4, -0.2) is 34.9 Å². The van der Waals surface area contributed by atoms with E-state index in [1.807, 2.05) is 0 Å². The minimum absolute atomic E-state index is 0.0250. The Bertz CT molecular complexity index is 646. The number of nitrogens with zero attached hydrogens (tertiary/aromatic N) is 1. The van der Waals surface area contributed by atoms with Crippen LogP contribution in [0, 0.1) is 0 Å². The molecule has 1 N–H and O–H groups in total. The Morgan fingerprint density at radius 1 is 1.27 bits per heavy atom. The molecule has 0 saturated carbocycles. The van der Waals surface area contributed by atoms with Crippen molar-refractivity contribution in [1.29, 1.82) is 0 Å². The number of hydrogen-bond acceptors (Lipinski definition) is 4. The maximum atomic E-state index is 11.9. The molecule has 2 rings (SSSR count). The van der Waals surface area contributed by atoms with Gasteiger partial charge in [-0.2, -0.15) is 0 Å². The number of ether oxygens (including phenoxy) is 1. The molecule has 0 unspecified atom stereocenters. The molecule has 0 atom stereocenters. The van der Waals surface area contributed by atoms with Gasteiger partial charge >= 0.3 is 12.0 Å². The van der Waals surface area contributed by atoms with E-state index in [9.17, 15) is 14.4 Å². The Balaban J connectivity index is 1.92. The van der Waals surface area contributed by atoms with Crippen molar-refractivity contribution in [1.82, 2.24) is 10.2 Å². The number of esters is 1. The van der Waals surface area contributed by atoms with Crippen LogP contribution in [0.5, 0.6) is 0 Å². The topological polar surface area (TPSA) is 75.7 Å². The summed E-state index contributed by atoms with van der Waals surface area (Å²) in [7, 11) is 0. The predicted octanol–water partition coefficient (Wildman–Crippen LogP) is 2.37. The molecule has 6 nitrogen and oxygen atoms in total. The van der Waals surface area contributed by atoms with Gasteiger partial charge in [-0.15, -0.1) is 0 Å². The first-order valence-corrected chi connectivity index (χ1v) is 7.20. The summed E-state index contributed by atoms with van der Waals surface area (Å²) in [6, 6.07) is 4.22. The maximum Gasteiger partial charge on any atom is 0.326 e. The average Bonchev–Trinajstić information content (AvgIpc) is 2.62. The fraction of sp³-hybridized carbons (Fsp3) is 0.357. The van der Waals surface area contributed by atoms with Crippen LogP contribution in [-0.2, 0) is 20.9 Å². The third-order valence-corrected chi connectivity index (χ3v) is 3.85. The van der Waals surface area contributed by atoms with Crippen LogP contribution in [0.1, 0.15) is 19.4 Å². The quantitative estimate of drug-likeness (QED) is 0.672. The van der Waals surface area contributed by atoms with Crippen LogP contribution in [0.15, 0.2) is 18.2 Å². The molecule has 0 radical (unpaired) electrons. The monoisotopic (exact) mass is 344 g/mol. The number of imide groups is 1. The second-order valence-corrected chi connectivity index (χ2v) is 6.17. The van der Waals surface area contributed by atoms with Crippen molar-refractivity contribution >= 4 is 41.1 Å². The van der Waals surface area contributed by atoms with Crippen molar-refractivity contribution in [2.45, 2.75) is 26.0 Å². The Kier molecular flexibility index (Phi) is 4.63. The van der Waals surface area contributed by atoms with Gasteiger partial charge in [-0.05, 0) is 31.5 Å². The van der Waals surface area contributed by atoms with E-state index in [0.29, 0.717) is 15.6 Å². The van der Waals surface area contributed by atoms with Crippen LogP contribution in [0.3, 0.4) is 0 Å². The summed E-state index contributed by atoms with van der Waals surface area (Å²) in [4.78, 5) is 36.2. The summed E-state index contributed by atoms with van der Waals surface area (Å²) < 4.78 is 5.04. The molecule has 1 heterocycles. The minimum Gasteiger partial charge on any atom is -0.459 e. The van der Waals surface area contributed by atoms with Crippen LogP contribution in [0.2, 0.25) is 10.0 Å². The van der Waals surface area contributed by atoms with Gasteiger partial charge in [0.05, 0.1) is 10.0 Å². The van der Waals surface area contributed by atoms with Gasteiger partial charge in [0.1, 0.15) is 18.7 Å². The lowest BCUT2D eigenvalue weighted by Crippen LogP contribution is -2.41. The minimum atomic E-state index is -1.01. The van der Waals surface area contributed by atoms with Crippen molar-refractivity contribution in [3.63, 3.8) is 0 Å². The summed E-state index contributed by atoms with van der Waals surface area (Å²) in [6.45, 7) is 2.67. The van der Waals surface area contributed by atoms with E-state index in [-0.39, 0.29) is 6.61 Å². The predicted molar refractivity (Wildman–Crippen MR) is 80.6 cm³/mol. The third kappa shape index (κ3) is 3.51. The van der Waals surface area contributed by atoms with Crippen molar-refractivity contribution in [2.75, 3.05) is 6.54 Å². The number of carbonyl (C=O) groups is 3. The maximum absolute atomic E-state index is 11.9. The normalized spacial score (nSPS) is 16.6. The largest absolute Gasteiger partial charge is 0.459 e. The van der Waals surface area contributed by atoms with Crippen LogP contribution in [0.4, 0.5) is 4.79 Å². The van der Waals surface area contributed by atoms with E-state index < -0.39 is 30.0 Å². The molecule has 0 bridgehead atoms. The highest BCUT2D eigenvalue weighted by molar-refractivity contribution is 6.42. The fourth-order valence-electron chi connectivity index (χ4n) is 1.93. The molecule has 3 amide bonds. The summed E-state index contributed by atoms with van der Waals surface area (Å²) >= 11 is 11.6. The molecule has 1 fully saturated rings. The number of hydrogen-bond donors (Lipinski definition) is 1. The van der Waals surface area contributed by atoms with Crippen LogP contribution < -0.4 is 5.32 Å². The van der Waals surface area contributed by atoms with Crippen molar-refractivity contribution in [2.24, 2.45) is 0 Å². The molecule has 8 heteroatoms. The third-order valence-electron chi connectivity index (χ3n) is 3.12. The summed E-state index contributed by atoms with van der Waals surface area (Å²) in [5, 5.41) is 3.24. The van der Waals surface area contributed by atoms with Gasteiger partial charge in [0.15, 0.2) is 0 Å². The van der Waals surface area contributed by atoms with Crippen molar-refractivity contribution in [3.8, 4) is 0 Å². The SMILES string of the molecule is CC1(C)NC(=O)N(CC(=O)OCc2ccc(Cl)c(Cl)c2)C1=O. The first kappa shape index (κ1) is 16.6. The molecule has 1 aromatic rings. The summed E-state index contributed by atoms with van der Waals surface area (Å²) in [5.74, 6) is -1.16. The second-order valence-electron chi connectivity index (χ2n) is 5.36. The number of halogens is 2. The summed E-state index contributed by atoms with van der Waals surface area (Å²) in [6.07, 6.45) is 0. The number of carbonyl (C=O) groups excluding carboxylic acids is 3. The van der Waals surface area contributed by atoms with Crippen molar-refractivity contribution < 1.29 is 19.1 Å². The zero-order chi connectivity index (χ0) is 16.5. The smallest absolute Gasteiger partial charge is 0.326 e. The molecule has 118 valence electrons. The van der Waals surface area contributed by atoms with Gasteiger partial charge in [-0.1, -0.05) is 29.3 Å². The van der Waals surface area contributed by atoms with Gasteiger partial charge in [0, 0.05) is 0 Å². The zero-order valence-corrected chi connectivity index (χ0v) is 13.5. The molecule has 1 saturated heterocycles. The van der Waals surface area contributed by atoms with Gasteiger partial charge in [0.25, 0.3) is 5.91 Å². The van der Waals surface area contributed by atoms with E-state index in [1.165, 1.54) is 0 Å². The summed E-state index contributed by atoms with van der Waals surface area (Å²) in [5.41, 5.74) is -0.360. The average molecular weight is 345 g/mol. The Hall–Kier alpha value is -1.79. The van der Waals surface area contributed by atoms with Crippen LogP contribution >= 0.6 is 23.2 Å². The molecule has 22 heavy (non-hydrogen) atoms. The molecule has 1 aromatic carbocycles. The van der Waals surface area contributed by atoms with Gasteiger partial charge in [0.2, 0.25) is 0 Å². The molecule has 1 aliphatic heterocycles. The number of nitrogens with one attached hydrogen (secondary N) is 1. The Morgan fingerprint density at radius 2 is 1.95 bits per heavy atom. The highest BCUT2D eigenvalue weighted by atomic mass is 35.5. The van der Waals surface area contributed by atoms with Gasteiger partial charge in [-0.25, -0.2) is 4.79 Å². The Morgan fingerprint density at radius 3 is 2.50 bits per heavy atom. The lowest BCUT2D eigenvalue weighted by atomic mass is 10.1. The standard InChI is InChI=1S/C14H14Cl2N2O4/c1-14(2)12(20)18(13(21)17-14)6-11(19)22-7-8-3-4-9(15)10(16)5-8/h3-5H,6-7H2,1-2H3,(H,17,21). The number of urea groups is 1. The zero-order valence-electron chi connectivity index (χ0n) is 12.0. The van der Waals surface area contributed by atoms with Gasteiger partial charge in [-0.3, -0.25) is 14.5 Å². The molecule has 0 spiro atoms. The molecular weight excluding hydrogens is 331 g/mol. The fourth-order valence-corrected chi connectivity index (χ4v) is 2.25. The highest BCUT2D eigenvalue weighted by Gasteiger charge is 2.45. The number of rotatable bonds is 4. The number of benzene rings is 1. The second kappa shape index (κ2) is 6.14. The van der Waals surface area contributed by atoms with E-state index in [1.54, 1.807) is 32.0 Å². The van der Waals surface area contributed by atoms with Crippen molar-refractivity contribution in [3.05, 3.63) is 33.8 Å². The first-order chi connectivity index (χ1) is 10.2. The van der Waals surface area contributed by atoms with E-state index in [0.717, 1.165) is 4.90 Å². The molecule has 0 aromatic heterocycles. The Labute approximate surface area is 137 Å². The first-order valence-electron chi connectivity index (χ1n) is 6.44. The lowest BCUT2D eigenvalue weighted by Gasteiger charge is -2.15. The molecular formula is C14H14Cl2N2O4. The van der Waals surface area contributed by atoms with Gasteiger partial charge < -0.3 is 10.1 Å².